The number of ether oxygens (including phenoxy) is 1. The Morgan fingerprint density at radius 1 is 1.42 bits per heavy atom. The Balaban J connectivity index is 2.17. The maximum absolute atomic E-state index is 6.10. The maximum atomic E-state index is 6.10. The molecule has 3 atom stereocenters. The molecule has 2 rings (SSSR count). The minimum atomic E-state index is 0.0267. The van der Waals surface area contributed by atoms with Gasteiger partial charge in [0.2, 0.25) is 0 Å². The van der Waals surface area contributed by atoms with E-state index in [4.69, 9.17) is 10.5 Å². The van der Waals surface area contributed by atoms with Crippen LogP contribution in [-0.4, -0.2) is 19.2 Å². The standard InChI is InChI=1S/C16H26N2O/c1-12-7-8-16(11-17,13(2)9-12)18-14-5-4-6-15(10-14)19-3/h4-6,10,12-13,18H,7-9,11,17H2,1-3H3. The van der Waals surface area contributed by atoms with Crippen LogP contribution in [0.5, 0.6) is 5.75 Å². The van der Waals surface area contributed by atoms with Crippen molar-refractivity contribution in [3.8, 4) is 5.75 Å². The summed E-state index contributed by atoms with van der Waals surface area (Å²) < 4.78 is 5.28. The van der Waals surface area contributed by atoms with Crippen molar-refractivity contribution in [2.75, 3.05) is 19.0 Å². The number of benzene rings is 1. The van der Waals surface area contributed by atoms with Crippen molar-refractivity contribution in [3.05, 3.63) is 24.3 Å². The summed E-state index contributed by atoms with van der Waals surface area (Å²) in [6.45, 7) is 5.33. The molecule has 3 nitrogen and oxygen atoms in total. The van der Waals surface area contributed by atoms with Gasteiger partial charge in [-0.15, -0.1) is 0 Å². The molecule has 1 saturated carbocycles. The van der Waals surface area contributed by atoms with E-state index in [-0.39, 0.29) is 5.54 Å². The molecule has 0 saturated heterocycles. The Kier molecular flexibility index (Phi) is 4.35. The fraction of sp³-hybridized carbons (Fsp3) is 0.625. The van der Waals surface area contributed by atoms with E-state index in [1.807, 2.05) is 18.2 Å². The van der Waals surface area contributed by atoms with Gasteiger partial charge in [-0.3, -0.25) is 0 Å². The first-order chi connectivity index (χ1) is 9.09. The number of hydrogen-bond acceptors (Lipinski definition) is 3. The molecule has 1 aromatic rings. The Hall–Kier alpha value is -1.22. The van der Waals surface area contributed by atoms with E-state index in [2.05, 4.69) is 25.2 Å². The fourth-order valence-electron chi connectivity index (χ4n) is 3.23. The van der Waals surface area contributed by atoms with Crippen LogP contribution in [-0.2, 0) is 0 Å². The predicted molar refractivity (Wildman–Crippen MR) is 80.6 cm³/mol. The number of nitrogens with two attached hydrogens (primary N) is 1. The number of anilines is 1. The molecule has 0 amide bonds. The second kappa shape index (κ2) is 5.83. The average Bonchev–Trinajstić information content (AvgIpc) is 2.42. The van der Waals surface area contributed by atoms with E-state index in [1.54, 1.807) is 7.11 Å². The minimum absolute atomic E-state index is 0.0267. The molecule has 0 aromatic heterocycles. The molecule has 0 aliphatic heterocycles. The lowest BCUT2D eigenvalue weighted by Gasteiger charge is -2.45. The summed E-state index contributed by atoms with van der Waals surface area (Å²) in [5.74, 6) is 2.28. The van der Waals surface area contributed by atoms with Crippen LogP contribution in [0.4, 0.5) is 5.69 Å². The summed E-state index contributed by atoms with van der Waals surface area (Å²) in [6.07, 6.45) is 3.63. The first-order valence-electron chi connectivity index (χ1n) is 7.22. The molecule has 3 unspecified atom stereocenters. The Bertz CT molecular complexity index is 421. The van der Waals surface area contributed by atoms with Gasteiger partial charge in [0.1, 0.15) is 5.75 Å². The first-order valence-corrected chi connectivity index (χ1v) is 7.22. The van der Waals surface area contributed by atoms with Crippen molar-refractivity contribution in [2.24, 2.45) is 17.6 Å². The number of hydrogen-bond donors (Lipinski definition) is 2. The molecule has 0 radical (unpaired) electrons. The molecule has 0 bridgehead atoms. The van der Waals surface area contributed by atoms with E-state index in [9.17, 15) is 0 Å². The average molecular weight is 262 g/mol. The van der Waals surface area contributed by atoms with Gasteiger partial charge < -0.3 is 15.8 Å². The van der Waals surface area contributed by atoms with Gasteiger partial charge in [-0.1, -0.05) is 19.9 Å². The van der Waals surface area contributed by atoms with Crippen LogP contribution in [0.3, 0.4) is 0 Å². The third kappa shape index (κ3) is 3.03. The van der Waals surface area contributed by atoms with Crippen LogP contribution in [0, 0.1) is 11.8 Å². The summed E-state index contributed by atoms with van der Waals surface area (Å²) in [5, 5.41) is 3.68. The highest BCUT2D eigenvalue weighted by atomic mass is 16.5. The highest BCUT2D eigenvalue weighted by molar-refractivity contribution is 5.50. The van der Waals surface area contributed by atoms with E-state index in [0.717, 1.165) is 23.8 Å². The lowest BCUT2D eigenvalue weighted by atomic mass is 9.70. The highest BCUT2D eigenvalue weighted by Crippen LogP contribution is 2.38. The van der Waals surface area contributed by atoms with Crippen molar-refractivity contribution in [3.63, 3.8) is 0 Å². The largest absolute Gasteiger partial charge is 0.497 e. The first kappa shape index (κ1) is 14.2. The zero-order chi connectivity index (χ0) is 13.9. The monoisotopic (exact) mass is 262 g/mol. The number of nitrogens with one attached hydrogen (secondary N) is 1. The van der Waals surface area contributed by atoms with Crippen LogP contribution in [0.2, 0.25) is 0 Å². The smallest absolute Gasteiger partial charge is 0.120 e. The van der Waals surface area contributed by atoms with Crippen molar-refractivity contribution in [2.45, 2.75) is 38.6 Å². The zero-order valence-corrected chi connectivity index (χ0v) is 12.3. The second-order valence-electron chi connectivity index (χ2n) is 6.00. The van der Waals surface area contributed by atoms with Crippen LogP contribution in [0.1, 0.15) is 33.1 Å². The molecule has 0 heterocycles. The van der Waals surface area contributed by atoms with Crippen molar-refractivity contribution in [1.29, 1.82) is 0 Å². The highest BCUT2D eigenvalue weighted by Gasteiger charge is 2.39. The molecule has 1 fully saturated rings. The lowest BCUT2D eigenvalue weighted by molar-refractivity contribution is 0.189. The SMILES string of the molecule is COc1cccc(NC2(CN)CCC(C)CC2C)c1. The van der Waals surface area contributed by atoms with Crippen LogP contribution in [0.25, 0.3) is 0 Å². The molecule has 1 aliphatic carbocycles. The predicted octanol–water partition coefficient (Wildman–Crippen LogP) is 3.26. The van der Waals surface area contributed by atoms with Crippen molar-refractivity contribution >= 4 is 5.69 Å². The Morgan fingerprint density at radius 3 is 2.84 bits per heavy atom. The van der Waals surface area contributed by atoms with Gasteiger partial charge in [-0.05, 0) is 43.2 Å². The summed E-state index contributed by atoms with van der Waals surface area (Å²) in [7, 11) is 1.70. The molecule has 0 spiro atoms. The van der Waals surface area contributed by atoms with Gasteiger partial charge in [0.05, 0.1) is 12.6 Å². The molecule has 106 valence electrons. The van der Waals surface area contributed by atoms with Gasteiger partial charge in [0.15, 0.2) is 0 Å². The van der Waals surface area contributed by atoms with Crippen LogP contribution < -0.4 is 15.8 Å². The third-order valence-corrected chi connectivity index (χ3v) is 4.61. The molecule has 1 aromatic carbocycles. The topological polar surface area (TPSA) is 47.3 Å². The van der Waals surface area contributed by atoms with E-state index in [1.165, 1.54) is 12.8 Å². The summed E-state index contributed by atoms with van der Waals surface area (Å²) in [4.78, 5) is 0. The van der Waals surface area contributed by atoms with Gasteiger partial charge >= 0.3 is 0 Å². The van der Waals surface area contributed by atoms with Crippen molar-refractivity contribution < 1.29 is 4.74 Å². The van der Waals surface area contributed by atoms with Crippen LogP contribution in [0.15, 0.2) is 24.3 Å². The Labute approximate surface area is 116 Å². The molecule has 3 heteroatoms. The molecular formula is C16H26N2O. The second-order valence-corrected chi connectivity index (χ2v) is 6.00. The Morgan fingerprint density at radius 2 is 2.21 bits per heavy atom. The quantitative estimate of drug-likeness (QED) is 0.875. The van der Waals surface area contributed by atoms with Crippen molar-refractivity contribution in [1.82, 2.24) is 0 Å². The summed E-state index contributed by atoms with van der Waals surface area (Å²) >= 11 is 0. The third-order valence-electron chi connectivity index (χ3n) is 4.61. The summed E-state index contributed by atoms with van der Waals surface area (Å²) in [6, 6.07) is 8.11. The maximum Gasteiger partial charge on any atom is 0.120 e. The molecule has 19 heavy (non-hydrogen) atoms. The molecule has 3 N–H and O–H groups in total. The van der Waals surface area contributed by atoms with E-state index >= 15 is 0 Å². The van der Waals surface area contributed by atoms with E-state index < -0.39 is 0 Å². The molecular weight excluding hydrogens is 236 g/mol. The molecule has 1 aliphatic rings. The normalized spacial score (nSPS) is 30.9. The fourth-order valence-corrected chi connectivity index (χ4v) is 3.23. The summed E-state index contributed by atoms with van der Waals surface area (Å²) in [5.41, 5.74) is 7.23. The van der Waals surface area contributed by atoms with Crippen LogP contribution >= 0.6 is 0 Å². The minimum Gasteiger partial charge on any atom is -0.497 e. The number of methoxy groups -OCH3 is 1. The van der Waals surface area contributed by atoms with Gasteiger partial charge in [0, 0.05) is 18.3 Å². The van der Waals surface area contributed by atoms with Gasteiger partial charge in [-0.25, -0.2) is 0 Å². The van der Waals surface area contributed by atoms with E-state index in [0.29, 0.717) is 12.5 Å². The van der Waals surface area contributed by atoms with Gasteiger partial charge in [-0.2, -0.15) is 0 Å². The lowest BCUT2D eigenvalue weighted by Crippen LogP contribution is -2.53. The number of rotatable bonds is 4. The zero-order valence-electron chi connectivity index (χ0n) is 12.3. The van der Waals surface area contributed by atoms with Gasteiger partial charge in [0.25, 0.3) is 0 Å².